The highest BCUT2D eigenvalue weighted by molar-refractivity contribution is 7.83. The summed E-state index contributed by atoms with van der Waals surface area (Å²) in [6.07, 6.45) is 1.56. The van der Waals surface area contributed by atoms with Gasteiger partial charge in [-0.3, -0.25) is 4.21 Å². The van der Waals surface area contributed by atoms with Gasteiger partial charge in [-0.25, -0.2) is 4.98 Å². The van der Waals surface area contributed by atoms with E-state index in [4.69, 9.17) is 16.9 Å². The first-order valence-electron chi connectivity index (χ1n) is 5.62. The van der Waals surface area contributed by atoms with E-state index in [1.807, 2.05) is 18.2 Å². The Labute approximate surface area is 119 Å². The summed E-state index contributed by atoms with van der Waals surface area (Å²) in [5.41, 5.74) is 2.02. The van der Waals surface area contributed by atoms with Crippen LogP contribution in [0.2, 0.25) is 5.02 Å². The monoisotopic (exact) mass is 290 g/mol. The van der Waals surface area contributed by atoms with Crippen LogP contribution in [-0.4, -0.2) is 9.19 Å². The fourth-order valence-electron chi connectivity index (χ4n) is 1.65. The van der Waals surface area contributed by atoms with Crippen molar-refractivity contribution in [3.63, 3.8) is 0 Å². The molecule has 0 saturated heterocycles. The van der Waals surface area contributed by atoms with E-state index in [0.717, 1.165) is 11.1 Å². The molecule has 0 amide bonds. The first-order valence-corrected chi connectivity index (χ1v) is 7.49. The second-order valence-corrected chi connectivity index (χ2v) is 5.87. The van der Waals surface area contributed by atoms with Gasteiger partial charge in [-0.2, -0.15) is 5.26 Å². The van der Waals surface area contributed by atoms with Crippen molar-refractivity contribution < 1.29 is 4.21 Å². The van der Waals surface area contributed by atoms with Gasteiger partial charge in [-0.05, 0) is 23.8 Å². The van der Waals surface area contributed by atoms with Crippen LogP contribution in [0, 0.1) is 11.3 Å². The second-order valence-electron chi connectivity index (χ2n) is 3.98. The maximum atomic E-state index is 12.1. The third-order valence-corrected chi connectivity index (χ3v) is 4.09. The number of halogens is 1. The van der Waals surface area contributed by atoms with Gasteiger partial charge >= 0.3 is 0 Å². The van der Waals surface area contributed by atoms with Crippen molar-refractivity contribution in [1.29, 1.82) is 5.26 Å². The Morgan fingerprint density at radius 2 is 1.95 bits per heavy atom. The molecule has 3 nitrogen and oxygen atoms in total. The first kappa shape index (κ1) is 13.7. The Morgan fingerprint density at radius 3 is 2.63 bits per heavy atom. The normalized spacial score (nSPS) is 11.8. The van der Waals surface area contributed by atoms with E-state index in [-0.39, 0.29) is 0 Å². The molecule has 19 heavy (non-hydrogen) atoms. The topological polar surface area (TPSA) is 53.8 Å². The quantitative estimate of drug-likeness (QED) is 0.869. The highest BCUT2D eigenvalue weighted by Gasteiger charge is 2.08. The molecule has 0 saturated carbocycles. The molecule has 2 rings (SSSR count). The van der Waals surface area contributed by atoms with E-state index < -0.39 is 10.8 Å². The zero-order valence-electron chi connectivity index (χ0n) is 10.0. The lowest BCUT2D eigenvalue weighted by molar-refractivity contribution is 0.682. The zero-order valence-corrected chi connectivity index (χ0v) is 11.6. The summed E-state index contributed by atoms with van der Waals surface area (Å²) in [7, 11) is -1.07. The summed E-state index contributed by atoms with van der Waals surface area (Å²) in [6.45, 7) is 0. The van der Waals surface area contributed by atoms with Crippen LogP contribution in [0.1, 0.15) is 16.8 Å². The smallest absolute Gasteiger partial charge is 0.144 e. The Kier molecular flexibility index (Phi) is 4.67. The fourth-order valence-corrected chi connectivity index (χ4v) is 3.02. The van der Waals surface area contributed by atoms with Crippen molar-refractivity contribution >= 4 is 22.4 Å². The predicted octanol–water partition coefficient (Wildman–Crippen LogP) is 3.06. The molecule has 96 valence electrons. The number of hydrogen-bond donors (Lipinski definition) is 0. The summed E-state index contributed by atoms with van der Waals surface area (Å²) in [5, 5.41) is 9.59. The van der Waals surface area contributed by atoms with Gasteiger partial charge in [0.2, 0.25) is 0 Å². The average molecular weight is 291 g/mol. The molecular formula is C14H11ClN2OS. The number of aromatic nitrogens is 1. The minimum absolute atomic E-state index is 0.333. The minimum atomic E-state index is -1.07. The van der Waals surface area contributed by atoms with Gasteiger partial charge in [0.05, 0.1) is 5.75 Å². The molecule has 0 N–H and O–H groups in total. The van der Waals surface area contributed by atoms with E-state index in [9.17, 15) is 4.21 Å². The van der Waals surface area contributed by atoms with Crippen LogP contribution in [0.25, 0.3) is 0 Å². The Bertz CT molecular complexity index is 635. The molecule has 1 aromatic heterocycles. The molecule has 0 aliphatic carbocycles. The van der Waals surface area contributed by atoms with Gasteiger partial charge in [0.15, 0.2) is 0 Å². The van der Waals surface area contributed by atoms with E-state index >= 15 is 0 Å². The van der Waals surface area contributed by atoms with Crippen LogP contribution in [0.4, 0.5) is 0 Å². The lowest BCUT2D eigenvalue weighted by Crippen LogP contribution is -2.02. The molecule has 0 bridgehead atoms. The van der Waals surface area contributed by atoms with Crippen molar-refractivity contribution in [2.24, 2.45) is 0 Å². The number of benzene rings is 1. The molecular weight excluding hydrogens is 280 g/mol. The third-order valence-electron chi connectivity index (χ3n) is 2.55. The number of rotatable bonds is 4. The van der Waals surface area contributed by atoms with Crippen molar-refractivity contribution in [3.8, 4) is 6.07 Å². The Balaban J connectivity index is 2.06. The van der Waals surface area contributed by atoms with Crippen molar-refractivity contribution in [2.75, 3.05) is 0 Å². The summed E-state index contributed by atoms with van der Waals surface area (Å²) in [6, 6.07) is 12.8. The Morgan fingerprint density at radius 1 is 1.21 bits per heavy atom. The molecule has 1 aromatic carbocycles. The highest BCUT2D eigenvalue weighted by Crippen LogP contribution is 2.14. The minimum Gasteiger partial charge on any atom is -0.259 e. The largest absolute Gasteiger partial charge is 0.259 e. The molecule has 0 fully saturated rings. The second kappa shape index (κ2) is 6.46. The average Bonchev–Trinajstić information content (AvgIpc) is 2.42. The summed E-state index contributed by atoms with van der Waals surface area (Å²) >= 11 is 5.80. The fraction of sp³-hybridized carbons (Fsp3) is 0.143. The number of nitrogens with zero attached hydrogens (tertiary/aromatic N) is 2. The Hall–Kier alpha value is -1.70. The standard InChI is InChI=1S/C14H11ClN2OS/c15-13-5-3-11(4-6-13)9-19(18)10-12-2-1-7-17-14(12)8-16/h1-7H,9-10H2. The predicted molar refractivity (Wildman–Crippen MR) is 76.0 cm³/mol. The number of pyridine rings is 1. The summed E-state index contributed by atoms with van der Waals surface area (Å²) < 4.78 is 12.1. The summed E-state index contributed by atoms with van der Waals surface area (Å²) in [4.78, 5) is 3.96. The van der Waals surface area contributed by atoms with E-state index in [0.29, 0.717) is 22.2 Å². The molecule has 0 aliphatic heterocycles. The van der Waals surface area contributed by atoms with Gasteiger partial charge in [0, 0.05) is 33.3 Å². The van der Waals surface area contributed by atoms with Gasteiger partial charge < -0.3 is 0 Å². The first-order chi connectivity index (χ1) is 9.19. The van der Waals surface area contributed by atoms with Crippen LogP contribution in [0.5, 0.6) is 0 Å². The van der Waals surface area contributed by atoms with Gasteiger partial charge in [-0.1, -0.05) is 29.8 Å². The molecule has 0 spiro atoms. The molecule has 1 heterocycles. The number of nitriles is 1. The number of hydrogen-bond acceptors (Lipinski definition) is 3. The lowest BCUT2D eigenvalue weighted by atomic mass is 10.2. The van der Waals surface area contributed by atoms with Crippen LogP contribution >= 0.6 is 11.6 Å². The van der Waals surface area contributed by atoms with Gasteiger partial charge in [-0.15, -0.1) is 0 Å². The highest BCUT2D eigenvalue weighted by atomic mass is 35.5. The van der Waals surface area contributed by atoms with Crippen LogP contribution < -0.4 is 0 Å². The van der Waals surface area contributed by atoms with Crippen molar-refractivity contribution in [3.05, 3.63) is 64.4 Å². The van der Waals surface area contributed by atoms with Crippen LogP contribution in [0.15, 0.2) is 42.6 Å². The summed E-state index contributed by atoms with van der Waals surface area (Å²) in [5.74, 6) is 0.774. The molecule has 5 heteroatoms. The van der Waals surface area contributed by atoms with Crippen molar-refractivity contribution in [1.82, 2.24) is 4.98 Å². The molecule has 0 radical (unpaired) electrons. The molecule has 1 unspecified atom stereocenters. The third kappa shape index (κ3) is 3.88. The lowest BCUT2D eigenvalue weighted by Gasteiger charge is -2.04. The SMILES string of the molecule is N#Cc1ncccc1CS(=O)Cc1ccc(Cl)cc1. The van der Waals surface area contributed by atoms with E-state index in [1.165, 1.54) is 0 Å². The molecule has 0 aliphatic rings. The molecule has 1 atom stereocenters. The maximum Gasteiger partial charge on any atom is 0.144 e. The maximum absolute atomic E-state index is 12.1. The van der Waals surface area contributed by atoms with Gasteiger partial charge in [0.1, 0.15) is 11.8 Å². The van der Waals surface area contributed by atoms with Crippen molar-refractivity contribution in [2.45, 2.75) is 11.5 Å². The van der Waals surface area contributed by atoms with E-state index in [2.05, 4.69) is 4.98 Å². The molecule has 2 aromatic rings. The van der Waals surface area contributed by atoms with Crippen LogP contribution in [0.3, 0.4) is 0 Å². The van der Waals surface area contributed by atoms with Gasteiger partial charge in [0.25, 0.3) is 0 Å². The van der Waals surface area contributed by atoms with E-state index in [1.54, 1.807) is 30.5 Å². The zero-order chi connectivity index (χ0) is 13.7. The van der Waals surface area contributed by atoms with Crippen LogP contribution in [-0.2, 0) is 22.3 Å².